The van der Waals surface area contributed by atoms with Gasteiger partial charge < -0.3 is 10.5 Å². The Kier molecular flexibility index (Phi) is 4.48. The molecule has 0 heterocycles. The summed E-state index contributed by atoms with van der Waals surface area (Å²) in [6, 6.07) is 6.93. The van der Waals surface area contributed by atoms with Crippen LogP contribution in [-0.2, 0) is 14.9 Å². The molecule has 0 bridgehead atoms. The van der Waals surface area contributed by atoms with Gasteiger partial charge in [0.25, 0.3) is 0 Å². The second-order valence-corrected chi connectivity index (χ2v) is 5.74. The maximum absolute atomic E-state index is 12.4. The predicted octanol–water partition coefficient (Wildman–Crippen LogP) is 2.06. The lowest BCUT2D eigenvalue weighted by Crippen LogP contribution is -2.44. The summed E-state index contributed by atoms with van der Waals surface area (Å²) in [6.07, 6.45) is 0.730. The zero-order chi connectivity index (χ0) is 14.7. The Hall–Kier alpha value is -1.68. The van der Waals surface area contributed by atoms with E-state index in [1.54, 1.807) is 52.0 Å². The molecule has 104 valence electrons. The summed E-state index contributed by atoms with van der Waals surface area (Å²) in [7, 11) is 0. The summed E-state index contributed by atoms with van der Waals surface area (Å²) in [6.45, 7) is 7.17. The summed E-state index contributed by atoms with van der Waals surface area (Å²) in [5.41, 5.74) is 5.21. The van der Waals surface area contributed by atoms with E-state index in [9.17, 15) is 9.59 Å². The maximum Gasteiger partial charge on any atom is 0.318 e. The Morgan fingerprint density at radius 2 is 1.84 bits per heavy atom. The van der Waals surface area contributed by atoms with Crippen LogP contribution in [0.4, 0.5) is 0 Å². The molecule has 0 radical (unpaired) electrons. The summed E-state index contributed by atoms with van der Waals surface area (Å²) in [5.74, 6) is -0.420. The molecule has 0 spiro atoms. The third kappa shape index (κ3) is 3.41. The largest absolute Gasteiger partial charge is 0.459 e. The molecule has 1 aromatic carbocycles. The number of rotatable bonds is 4. The number of aldehydes is 1. The van der Waals surface area contributed by atoms with E-state index < -0.39 is 17.0 Å². The van der Waals surface area contributed by atoms with Crippen molar-refractivity contribution < 1.29 is 14.3 Å². The van der Waals surface area contributed by atoms with Crippen molar-refractivity contribution in [3.05, 3.63) is 35.4 Å². The molecule has 0 aliphatic heterocycles. The van der Waals surface area contributed by atoms with Gasteiger partial charge in [-0.1, -0.05) is 24.3 Å². The minimum atomic E-state index is -1.02. The molecule has 4 nitrogen and oxygen atoms in total. The number of hydrogen-bond donors (Lipinski definition) is 1. The van der Waals surface area contributed by atoms with Crippen LogP contribution in [0.2, 0.25) is 0 Å². The predicted molar refractivity (Wildman–Crippen MR) is 74.1 cm³/mol. The Balaban J connectivity index is 3.23. The average molecular weight is 263 g/mol. The van der Waals surface area contributed by atoms with E-state index in [4.69, 9.17) is 10.5 Å². The zero-order valence-electron chi connectivity index (χ0n) is 11.9. The minimum Gasteiger partial charge on any atom is -0.459 e. The van der Waals surface area contributed by atoms with E-state index >= 15 is 0 Å². The van der Waals surface area contributed by atoms with Gasteiger partial charge in [-0.2, -0.15) is 0 Å². The first-order valence-electron chi connectivity index (χ1n) is 6.23. The Morgan fingerprint density at radius 1 is 1.26 bits per heavy atom. The molecule has 1 rings (SSSR count). The van der Waals surface area contributed by atoms with Crippen molar-refractivity contribution in [1.29, 1.82) is 0 Å². The number of nitrogens with two attached hydrogens (primary N) is 1. The van der Waals surface area contributed by atoms with Gasteiger partial charge in [0.05, 0.1) is 0 Å². The van der Waals surface area contributed by atoms with Crippen molar-refractivity contribution in [3.8, 4) is 0 Å². The first kappa shape index (κ1) is 15.4. The fourth-order valence-corrected chi connectivity index (χ4v) is 1.80. The Labute approximate surface area is 113 Å². The number of benzene rings is 1. The maximum atomic E-state index is 12.4. The molecule has 0 aromatic heterocycles. The molecule has 4 heteroatoms. The summed E-state index contributed by atoms with van der Waals surface area (Å²) < 4.78 is 5.41. The lowest BCUT2D eigenvalue weighted by Gasteiger charge is -2.31. The van der Waals surface area contributed by atoms with Crippen molar-refractivity contribution in [2.24, 2.45) is 5.73 Å². The van der Waals surface area contributed by atoms with E-state index in [-0.39, 0.29) is 6.54 Å². The molecule has 0 aliphatic rings. The lowest BCUT2D eigenvalue weighted by molar-refractivity contribution is -0.161. The molecule has 0 fully saturated rings. The van der Waals surface area contributed by atoms with E-state index in [1.807, 2.05) is 0 Å². The van der Waals surface area contributed by atoms with Crippen LogP contribution in [0.3, 0.4) is 0 Å². The van der Waals surface area contributed by atoms with Gasteiger partial charge in [0, 0.05) is 12.1 Å². The molecule has 2 N–H and O–H groups in total. The van der Waals surface area contributed by atoms with Crippen LogP contribution in [0.1, 0.15) is 43.6 Å². The van der Waals surface area contributed by atoms with Crippen LogP contribution in [0, 0.1) is 0 Å². The zero-order valence-corrected chi connectivity index (χ0v) is 11.9. The molecular weight excluding hydrogens is 242 g/mol. The van der Waals surface area contributed by atoms with Crippen LogP contribution < -0.4 is 5.73 Å². The van der Waals surface area contributed by atoms with Crippen LogP contribution >= 0.6 is 0 Å². The minimum absolute atomic E-state index is 0.0762. The normalized spacial score (nSPS) is 14.6. The van der Waals surface area contributed by atoms with Crippen molar-refractivity contribution >= 4 is 12.3 Å². The standard InChI is InChI=1S/C15H21NO3/c1-14(2,3)19-13(18)15(4,10-16)12-8-6-5-7-11(12)9-17/h5-9H,10,16H2,1-4H3. The molecule has 0 aliphatic carbocycles. The molecule has 0 saturated heterocycles. The number of carbonyl (C=O) groups excluding carboxylic acids is 2. The van der Waals surface area contributed by atoms with Gasteiger partial charge in [0.15, 0.2) is 0 Å². The third-order valence-electron chi connectivity index (χ3n) is 2.94. The van der Waals surface area contributed by atoms with Crippen LogP contribution in [0.25, 0.3) is 0 Å². The molecule has 0 saturated carbocycles. The first-order valence-corrected chi connectivity index (χ1v) is 6.23. The molecule has 1 unspecified atom stereocenters. The fourth-order valence-electron chi connectivity index (χ4n) is 1.80. The van der Waals surface area contributed by atoms with Crippen molar-refractivity contribution in [2.45, 2.75) is 38.7 Å². The van der Waals surface area contributed by atoms with Gasteiger partial charge in [0.1, 0.15) is 17.3 Å². The van der Waals surface area contributed by atoms with Crippen molar-refractivity contribution in [1.82, 2.24) is 0 Å². The summed E-state index contributed by atoms with van der Waals surface area (Å²) in [5, 5.41) is 0. The smallest absolute Gasteiger partial charge is 0.318 e. The monoisotopic (exact) mass is 263 g/mol. The third-order valence-corrected chi connectivity index (χ3v) is 2.94. The number of esters is 1. The van der Waals surface area contributed by atoms with Crippen molar-refractivity contribution in [3.63, 3.8) is 0 Å². The lowest BCUT2D eigenvalue weighted by atomic mass is 9.80. The quantitative estimate of drug-likeness (QED) is 0.667. The topological polar surface area (TPSA) is 69.4 Å². The van der Waals surface area contributed by atoms with Gasteiger partial charge in [-0.05, 0) is 33.3 Å². The van der Waals surface area contributed by atoms with Crippen LogP contribution in [0.15, 0.2) is 24.3 Å². The molecule has 19 heavy (non-hydrogen) atoms. The van der Waals surface area contributed by atoms with Gasteiger partial charge in [-0.25, -0.2) is 0 Å². The van der Waals surface area contributed by atoms with Gasteiger partial charge in [-0.3, -0.25) is 9.59 Å². The van der Waals surface area contributed by atoms with Gasteiger partial charge >= 0.3 is 5.97 Å². The summed E-state index contributed by atoms with van der Waals surface area (Å²) >= 11 is 0. The van der Waals surface area contributed by atoms with Gasteiger partial charge in [0.2, 0.25) is 0 Å². The number of carbonyl (C=O) groups is 2. The SMILES string of the molecule is CC(C)(C)OC(=O)C(C)(CN)c1ccccc1C=O. The Morgan fingerprint density at radius 3 is 2.32 bits per heavy atom. The summed E-state index contributed by atoms with van der Waals surface area (Å²) in [4.78, 5) is 23.5. The number of ether oxygens (including phenoxy) is 1. The Bertz CT molecular complexity index is 477. The van der Waals surface area contributed by atoms with Crippen LogP contribution in [-0.4, -0.2) is 24.4 Å². The van der Waals surface area contributed by atoms with E-state index in [2.05, 4.69) is 0 Å². The van der Waals surface area contributed by atoms with Crippen molar-refractivity contribution in [2.75, 3.05) is 6.54 Å². The molecule has 0 amide bonds. The highest BCUT2D eigenvalue weighted by atomic mass is 16.6. The molecule has 1 aromatic rings. The average Bonchev–Trinajstić information content (AvgIpc) is 2.35. The highest BCUT2D eigenvalue weighted by molar-refractivity contribution is 5.88. The second-order valence-electron chi connectivity index (χ2n) is 5.74. The van der Waals surface area contributed by atoms with E-state index in [0.29, 0.717) is 11.1 Å². The number of hydrogen-bond acceptors (Lipinski definition) is 4. The van der Waals surface area contributed by atoms with Crippen LogP contribution in [0.5, 0.6) is 0 Å². The second kappa shape index (κ2) is 5.53. The molecule has 1 atom stereocenters. The highest BCUT2D eigenvalue weighted by Crippen LogP contribution is 2.28. The first-order chi connectivity index (χ1) is 8.74. The highest BCUT2D eigenvalue weighted by Gasteiger charge is 2.39. The van der Waals surface area contributed by atoms with Gasteiger partial charge in [-0.15, -0.1) is 0 Å². The van der Waals surface area contributed by atoms with E-state index in [1.165, 1.54) is 0 Å². The fraction of sp³-hybridized carbons (Fsp3) is 0.467. The molecular formula is C15H21NO3. The van der Waals surface area contributed by atoms with E-state index in [0.717, 1.165) is 6.29 Å².